The number of hydrogen-bond acceptors (Lipinski definition) is 1. The molecule has 1 heterocycles. The minimum Gasteiger partial charge on any atom is -0.309 e. The summed E-state index contributed by atoms with van der Waals surface area (Å²) in [5, 5.41) is 0. The maximum Gasteiger partial charge on any atom is 0.0635 e. The van der Waals surface area contributed by atoms with Crippen LogP contribution in [-0.4, -0.2) is 10.8 Å². The van der Waals surface area contributed by atoms with Crippen molar-refractivity contribution < 1.29 is 0 Å². The smallest absolute Gasteiger partial charge is 0.0635 e. The van der Waals surface area contributed by atoms with Crippen LogP contribution < -0.4 is 0 Å². The number of aromatic nitrogens is 1. The van der Waals surface area contributed by atoms with E-state index in [1.54, 1.807) is 0 Å². The monoisotopic (exact) mass is 440 g/mol. The standard InChI is InChI=1S/C32H28N2/c1-23-14-16-30(17-15-23)34-31(26-10-6-4-7-11-26)21-28(32(34)27-12-8-5-9-13-27)22-33-29-19-24(2)18-25(3)20-29/h4-22H,1-3H3. The van der Waals surface area contributed by atoms with E-state index in [4.69, 9.17) is 4.99 Å². The van der Waals surface area contributed by atoms with E-state index in [1.165, 1.54) is 22.3 Å². The van der Waals surface area contributed by atoms with Crippen molar-refractivity contribution in [3.63, 3.8) is 0 Å². The molecule has 2 heteroatoms. The normalized spacial score (nSPS) is 11.3. The van der Waals surface area contributed by atoms with E-state index in [1.807, 2.05) is 6.21 Å². The molecule has 1 aromatic heterocycles. The van der Waals surface area contributed by atoms with Gasteiger partial charge in [0, 0.05) is 17.5 Å². The van der Waals surface area contributed by atoms with Crippen LogP contribution in [0, 0.1) is 20.8 Å². The average Bonchev–Trinajstić information content (AvgIpc) is 3.23. The molecule has 2 nitrogen and oxygen atoms in total. The van der Waals surface area contributed by atoms with E-state index in [0.717, 1.165) is 33.9 Å². The van der Waals surface area contributed by atoms with Gasteiger partial charge in [0.15, 0.2) is 0 Å². The highest BCUT2D eigenvalue weighted by Gasteiger charge is 2.18. The molecule has 0 saturated carbocycles. The Balaban J connectivity index is 1.77. The molecule has 0 aliphatic carbocycles. The van der Waals surface area contributed by atoms with Crippen LogP contribution in [0.2, 0.25) is 0 Å². The van der Waals surface area contributed by atoms with Gasteiger partial charge in [0.1, 0.15) is 0 Å². The van der Waals surface area contributed by atoms with Crippen molar-refractivity contribution in [2.75, 3.05) is 0 Å². The van der Waals surface area contributed by atoms with Crippen molar-refractivity contribution in [3.05, 3.63) is 131 Å². The molecular weight excluding hydrogens is 412 g/mol. The van der Waals surface area contributed by atoms with E-state index in [2.05, 4.69) is 135 Å². The van der Waals surface area contributed by atoms with Crippen LogP contribution in [0.15, 0.2) is 114 Å². The van der Waals surface area contributed by atoms with Gasteiger partial charge in [-0.05, 0) is 73.4 Å². The van der Waals surface area contributed by atoms with E-state index in [-0.39, 0.29) is 0 Å². The van der Waals surface area contributed by atoms with Crippen LogP contribution >= 0.6 is 0 Å². The van der Waals surface area contributed by atoms with Crippen LogP contribution in [0.25, 0.3) is 28.2 Å². The highest BCUT2D eigenvalue weighted by Crippen LogP contribution is 2.35. The number of aryl methyl sites for hydroxylation is 3. The lowest BCUT2D eigenvalue weighted by Gasteiger charge is -2.15. The van der Waals surface area contributed by atoms with Crippen molar-refractivity contribution in [1.82, 2.24) is 4.57 Å². The number of rotatable bonds is 5. The minimum absolute atomic E-state index is 0.973. The summed E-state index contributed by atoms with van der Waals surface area (Å²) in [7, 11) is 0. The molecule has 0 bridgehead atoms. The molecule has 5 aromatic rings. The Morgan fingerprint density at radius 1 is 0.588 bits per heavy atom. The maximum absolute atomic E-state index is 4.90. The summed E-state index contributed by atoms with van der Waals surface area (Å²) in [6, 6.07) is 38.6. The van der Waals surface area contributed by atoms with Crippen LogP contribution in [0.1, 0.15) is 22.3 Å². The van der Waals surface area contributed by atoms with Crippen molar-refractivity contribution in [1.29, 1.82) is 0 Å². The average molecular weight is 441 g/mol. The second kappa shape index (κ2) is 9.36. The highest BCUT2D eigenvalue weighted by molar-refractivity contribution is 5.94. The quantitative estimate of drug-likeness (QED) is 0.244. The zero-order chi connectivity index (χ0) is 23.5. The number of hydrogen-bond donors (Lipinski definition) is 0. The summed E-state index contributed by atoms with van der Waals surface area (Å²) in [6.07, 6.45) is 2.01. The van der Waals surface area contributed by atoms with Gasteiger partial charge < -0.3 is 4.57 Å². The molecule has 0 amide bonds. The van der Waals surface area contributed by atoms with Crippen LogP contribution in [0.4, 0.5) is 5.69 Å². The number of nitrogens with zero attached hydrogens (tertiary/aromatic N) is 2. The first-order chi connectivity index (χ1) is 16.6. The van der Waals surface area contributed by atoms with Crippen LogP contribution in [-0.2, 0) is 0 Å². The number of benzene rings is 4. The van der Waals surface area contributed by atoms with Gasteiger partial charge in [0.05, 0.1) is 17.1 Å². The molecule has 4 aromatic carbocycles. The first-order valence-corrected chi connectivity index (χ1v) is 11.6. The van der Waals surface area contributed by atoms with E-state index in [0.29, 0.717) is 0 Å². The number of aliphatic imine (C=N–C) groups is 1. The molecule has 0 unspecified atom stereocenters. The van der Waals surface area contributed by atoms with Crippen molar-refractivity contribution >= 4 is 11.9 Å². The predicted molar refractivity (Wildman–Crippen MR) is 145 cm³/mol. The molecule has 0 fully saturated rings. The third-order valence-electron chi connectivity index (χ3n) is 6.00. The molecule has 34 heavy (non-hydrogen) atoms. The fraction of sp³-hybridized carbons (Fsp3) is 0.0938. The lowest BCUT2D eigenvalue weighted by Crippen LogP contribution is -2.00. The van der Waals surface area contributed by atoms with E-state index in [9.17, 15) is 0 Å². The fourth-order valence-corrected chi connectivity index (χ4v) is 4.47. The Morgan fingerprint density at radius 3 is 1.79 bits per heavy atom. The first-order valence-electron chi connectivity index (χ1n) is 11.6. The summed E-state index contributed by atoms with van der Waals surface area (Å²) in [4.78, 5) is 4.90. The maximum atomic E-state index is 4.90. The summed E-state index contributed by atoms with van der Waals surface area (Å²) < 4.78 is 2.35. The van der Waals surface area contributed by atoms with Crippen molar-refractivity contribution in [2.45, 2.75) is 20.8 Å². The molecule has 0 N–H and O–H groups in total. The van der Waals surface area contributed by atoms with E-state index >= 15 is 0 Å². The van der Waals surface area contributed by atoms with Crippen LogP contribution in [0.3, 0.4) is 0 Å². The minimum atomic E-state index is 0.973. The SMILES string of the molecule is Cc1ccc(-n2c(-c3ccccc3)cc(C=Nc3cc(C)cc(C)c3)c2-c2ccccc2)cc1. The second-order valence-corrected chi connectivity index (χ2v) is 8.84. The summed E-state index contributed by atoms with van der Waals surface area (Å²) >= 11 is 0. The topological polar surface area (TPSA) is 17.3 Å². The molecule has 0 spiro atoms. The Bertz CT molecular complexity index is 1420. The summed E-state index contributed by atoms with van der Waals surface area (Å²) in [5.74, 6) is 0. The highest BCUT2D eigenvalue weighted by atomic mass is 15.0. The van der Waals surface area contributed by atoms with Gasteiger partial charge in [-0.15, -0.1) is 0 Å². The molecule has 0 aliphatic rings. The Hall–Kier alpha value is -4.17. The zero-order valence-electron chi connectivity index (χ0n) is 19.9. The zero-order valence-corrected chi connectivity index (χ0v) is 19.9. The largest absolute Gasteiger partial charge is 0.309 e. The molecule has 0 radical (unpaired) electrons. The lowest BCUT2D eigenvalue weighted by atomic mass is 10.1. The van der Waals surface area contributed by atoms with Crippen molar-refractivity contribution in [2.24, 2.45) is 4.99 Å². The Kier molecular flexibility index (Phi) is 5.97. The summed E-state index contributed by atoms with van der Waals surface area (Å²) in [6.45, 7) is 6.35. The molecule has 0 saturated heterocycles. The second-order valence-electron chi connectivity index (χ2n) is 8.84. The van der Waals surface area contributed by atoms with Gasteiger partial charge in [-0.2, -0.15) is 0 Å². The molecular formula is C32H28N2. The fourth-order valence-electron chi connectivity index (χ4n) is 4.47. The molecule has 5 rings (SSSR count). The van der Waals surface area contributed by atoms with Gasteiger partial charge in [-0.25, -0.2) is 0 Å². The molecule has 166 valence electrons. The van der Waals surface area contributed by atoms with Crippen molar-refractivity contribution in [3.8, 4) is 28.2 Å². The third-order valence-corrected chi connectivity index (χ3v) is 6.00. The summed E-state index contributed by atoms with van der Waals surface area (Å²) in [5.41, 5.74) is 11.5. The predicted octanol–water partition coefficient (Wildman–Crippen LogP) is 8.49. The first kappa shape index (κ1) is 21.7. The molecule has 0 aliphatic heterocycles. The van der Waals surface area contributed by atoms with Crippen LogP contribution in [0.5, 0.6) is 0 Å². The Morgan fingerprint density at radius 2 is 1.18 bits per heavy atom. The lowest BCUT2D eigenvalue weighted by molar-refractivity contribution is 1.09. The van der Waals surface area contributed by atoms with Gasteiger partial charge in [-0.3, -0.25) is 4.99 Å². The van der Waals surface area contributed by atoms with E-state index < -0.39 is 0 Å². The Labute approximate surface area is 201 Å². The van der Waals surface area contributed by atoms with Gasteiger partial charge in [0.2, 0.25) is 0 Å². The van der Waals surface area contributed by atoms with Gasteiger partial charge in [-0.1, -0.05) is 84.4 Å². The van der Waals surface area contributed by atoms with Gasteiger partial charge in [0.25, 0.3) is 0 Å². The molecule has 0 atom stereocenters. The third kappa shape index (κ3) is 4.49. The van der Waals surface area contributed by atoms with Gasteiger partial charge >= 0.3 is 0 Å².